The van der Waals surface area contributed by atoms with Crippen molar-refractivity contribution >= 4 is 5.91 Å². The number of fused-ring (bicyclic) bond motifs is 1. The van der Waals surface area contributed by atoms with Gasteiger partial charge in [-0.25, -0.2) is 0 Å². The zero-order chi connectivity index (χ0) is 19.4. The van der Waals surface area contributed by atoms with E-state index in [1.54, 1.807) is 0 Å². The fourth-order valence-corrected chi connectivity index (χ4v) is 4.20. The molecular formula is C25H26N2O. The van der Waals surface area contributed by atoms with Crippen LogP contribution in [0, 0.1) is 0 Å². The van der Waals surface area contributed by atoms with Crippen molar-refractivity contribution in [3.63, 3.8) is 0 Å². The highest BCUT2D eigenvalue weighted by Gasteiger charge is 2.34. The molecule has 1 aliphatic rings. The zero-order valence-electron chi connectivity index (χ0n) is 16.2. The molecule has 1 heterocycles. The molecule has 0 fully saturated rings. The van der Waals surface area contributed by atoms with Gasteiger partial charge in [-0.15, -0.1) is 0 Å². The molecule has 0 saturated heterocycles. The van der Waals surface area contributed by atoms with E-state index in [0.717, 1.165) is 24.9 Å². The predicted octanol–water partition coefficient (Wildman–Crippen LogP) is 4.61. The molecule has 0 radical (unpaired) electrons. The van der Waals surface area contributed by atoms with Crippen molar-refractivity contribution in [1.82, 2.24) is 10.6 Å². The van der Waals surface area contributed by atoms with Crippen molar-refractivity contribution in [2.24, 2.45) is 0 Å². The Morgan fingerprint density at radius 3 is 2.36 bits per heavy atom. The van der Waals surface area contributed by atoms with Crippen molar-refractivity contribution in [2.75, 3.05) is 6.54 Å². The molecule has 3 heteroatoms. The number of benzene rings is 3. The van der Waals surface area contributed by atoms with E-state index in [2.05, 4.69) is 54.0 Å². The van der Waals surface area contributed by atoms with Gasteiger partial charge in [0.05, 0.1) is 6.04 Å². The number of hydrogen-bond acceptors (Lipinski definition) is 2. The standard InChI is InChI=1S/C25H26N2O/c1-25(22-15-9-8-10-19(22)16-17-26-25)18-23(20-11-4-2-5-12-20)27-24(28)21-13-6-3-7-14-21/h2-15,23,26H,16-18H2,1H3,(H,27,28)/t23-,25-/m1/s1. The third-order valence-corrected chi connectivity index (χ3v) is 5.68. The predicted molar refractivity (Wildman–Crippen MR) is 113 cm³/mol. The molecule has 1 amide bonds. The quantitative estimate of drug-likeness (QED) is 0.689. The highest BCUT2D eigenvalue weighted by atomic mass is 16.1. The van der Waals surface area contributed by atoms with Crippen molar-refractivity contribution in [1.29, 1.82) is 0 Å². The lowest BCUT2D eigenvalue weighted by Crippen LogP contribution is -2.47. The molecule has 0 saturated carbocycles. The SMILES string of the molecule is C[C@]1(C[C@@H](NC(=O)c2ccccc2)c2ccccc2)NCCc2ccccc21. The van der Waals surface area contributed by atoms with Gasteiger partial charge in [0.1, 0.15) is 0 Å². The van der Waals surface area contributed by atoms with E-state index in [-0.39, 0.29) is 17.5 Å². The van der Waals surface area contributed by atoms with Gasteiger partial charge in [0.2, 0.25) is 0 Å². The van der Waals surface area contributed by atoms with Crippen LogP contribution in [-0.4, -0.2) is 12.5 Å². The smallest absolute Gasteiger partial charge is 0.251 e. The molecule has 28 heavy (non-hydrogen) atoms. The minimum atomic E-state index is -0.195. The molecular weight excluding hydrogens is 344 g/mol. The third-order valence-electron chi connectivity index (χ3n) is 5.68. The van der Waals surface area contributed by atoms with Crippen LogP contribution in [0.25, 0.3) is 0 Å². The molecule has 0 aliphatic carbocycles. The molecule has 0 bridgehead atoms. The lowest BCUT2D eigenvalue weighted by molar-refractivity contribution is 0.0926. The fourth-order valence-electron chi connectivity index (χ4n) is 4.20. The van der Waals surface area contributed by atoms with Gasteiger partial charge in [-0.3, -0.25) is 4.79 Å². The summed E-state index contributed by atoms with van der Waals surface area (Å²) in [6.45, 7) is 3.19. The number of nitrogens with one attached hydrogen (secondary N) is 2. The summed E-state index contributed by atoms with van der Waals surface area (Å²) >= 11 is 0. The van der Waals surface area contributed by atoms with E-state index in [0.29, 0.717) is 5.56 Å². The summed E-state index contributed by atoms with van der Waals surface area (Å²) < 4.78 is 0. The average molecular weight is 370 g/mol. The van der Waals surface area contributed by atoms with E-state index >= 15 is 0 Å². The van der Waals surface area contributed by atoms with Crippen LogP contribution >= 0.6 is 0 Å². The minimum absolute atomic E-state index is 0.0397. The summed E-state index contributed by atoms with van der Waals surface area (Å²) in [5.41, 5.74) is 4.34. The Kier molecular flexibility index (Phi) is 5.27. The van der Waals surface area contributed by atoms with Crippen molar-refractivity contribution in [3.05, 3.63) is 107 Å². The van der Waals surface area contributed by atoms with Crippen LogP contribution in [0.3, 0.4) is 0 Å². The normalized spacial score (nSPS) is 19.5. The van der Waals surface area contributed by atoms with Crippen LogP contribution in [0.5, 0.6) is 0 Å². The number of hydrogen-bond donors (Lipinski definition) is 2. The molecule has 3 aromatic carbocycles. The first-order valence-electron chi connectivity index (χ1n) is 9.90. The maximum Gasteiger partial charge on any atom is 0.251 e. The maximum atomic E-state index is 12.9. The summed E-state index contributed by atoms with van der Waals surface area (Å²) in [5.74, 6) is -0.0397. The summed E-state index contributed by atoms with van der Waals surface area (Å²) in [5, 5.41) is 6.99. The first kappa shape index (κ1) is 18.5. The molecule has 2 atom stereocenters. The minimum Gasteiger partial charge on any atom is -0.345 e. The fraction of sp³-hybridized carbons (Fsp3) is 0.240. The Bertz CT molecular complexity index is 939. The molecule has 4 rings (SSSR count). The van der Waals surface area contributed by atoms with Crippen LogP contribution in [0.1, 0.15) is 46.4 Å². The van der Waals surface area contributed by atoms with E-state index in [4.69, 9.17) is 0 Å². The van der Waals surface area contributed by atoms with E-state index in [1.807, 2.05) is 48.5 Å². The molecule has 3 nitrogen and oxygen atoms in total. The molecule has 142 valence electrons. The van der Waals surface area contributed by atoms with E-state index < -0.39 is 0 Å². The highest BCUT2D eigenvalue weighted by molar-refractivity contribution is 5.94. The third kappa shape index (κ3) is 3.85. The van der Waals surface area contributed by atoms with Gasteiger partial charge < -0.3 is 10.6 Å². The second-order valence-corrected chi connectivity index (χ2v) is 7.67. The van der Waals surface area contributed by atoms with Gasteiger partial charge in [-0.1, -0.05) is 72.8 Å². The first-order chi connectivity index (χ1) is 13.7. The van der Waals surface area contributed by atoms with Crippen molar-refractivity contribution < 1.29 is 4.79 Å². The summed E-state index contributed by atoms with van der Waals surface area (Å²) in [6, 6.07) is 28.2. The van der Waals surface area contributed by atoms with Gasteiger partial charge in [0.15, 0.2) is 0 Å². The average Bonchev–Trinajstić information content (AvgIpc) is 2.75. The lowest BCUT2D eigenvalue weighted by Gasteiger charge is -2.40. The van der Waals surface area contributed by atoms with Crippen LogP contribution in [0.15, 0.2) is 84.9 Å². The van der Waals surface area contributed by atoms with Gasteiger partial charge in [-0.2, -0.15) is 0 Å². The van der Waals surface area contributed by atoms with Crippen LogP contribution < -0.4 is 10.6 Å². The number of carbonyl (C=O) groups is 1. The van der Waals surface area contributed by atoms with Crippen LogP contribution in [0.4, 0.5) is 0 Å². The Balaban J connectivity index is 1.64. The van der Waals surface area contributed by atoms with Crippen molar-refractivity contribution in [3.8, 4) is 0 Å². The lowest BCUT2D eigenvalue weighted by atomic mass is 9.78. The molecule has 2 N–H and O–H groups in total. The largest absolute Gasteiger partial charge is 0.345 e. The van der Waals surface area contributed by atoms with Gasteiger partial charge >= 0.3 is 0 Å². The Labute approximate surface area is 166 Å². The molecule has 3 aromatic rings. The Morgan fingerprint density at radius 2 is 1.61 bits per heavy atom. The molecule has 0 unspecified atom stereocenters. The number of carbonyl (C=O) groups excluding carboxylic acids is 1. The molecule has 0 aromatic heterocycles. The van der Waals surface area contributed by atoms with Gasteiger partial charge in [-0.05, 0) is 48.6 Å². The zero-order valence-corrected chi connectivity index (χ0v) is 16.2. The maximum absolute atomic E-state index is 12.9. The van der Waals surface area contributed by atoms with Gasteiger partial charge in [0.25, 0.3) is 5.91 Å². The molecule has 0 spiro atoms. The summed E-state index contributed by atoms with van der Waals surface area (Å²) in [4.78, 5) is 12.9. The second kappa shape index (κ2) is 7.99. The first-order valence-corrected chi connectivity index (χ1v) is 9.90. The monoisotopic (exact) mass is 370 g/mol. The molecule has 1 aliphatic heterocycles. The Morgan fingerprint density at radius 1 is 0.964 bits per heavy atom. The number of amides is 1. The second-order valence-electron chi connectivity index (χ2n) is 7.67. The van der Waals surface area contributed by atoms with Gasteiger partial charge in [0, 0.05) is 17.6 Å². The van der Waals surface area contributed by atoms with Crippen LogP contribution in [0.2, 0.25) is 0 Å². The summed E-state index contributed by atoms with van der Waals surface area (Å²) in [6.07, 6.45) is 1.82. The Hall–Kier alpha value is -2.91. The highest BCUT2D eigenvalue weighted by Crippen LogP contribution is 2.36. The van der Waals surface area contributed by atoms with Crippen LogP contribution in [-0.2, 0) is 12.0 Å². The van der Waals surface area contributed by atoms with Crippen molar-refractivity contribution in [2.45, 2.75) is 31.3 Å². The number of rotatable bonds is 5. The summed E-state index contributed by atoms with van der Waals surface area (Å²) in [7, 11) is 0. The van der Waals surface area contributed by atoms with E-state index in [9.17, 15) is 4.79 Å². The van der Waals surface area contributed by atoms with E-state index in [1.165, 1.54) is 11.1 Å². The topological polar surface area (TPSA) is 41.1 Å².